The second-order valence-electron chi connectivity index (χ2n) is 8.21. The highest BCUT2D eigenvalue weighted by Gasteiger charge is 2.41. The lowest BCUT2D eigenvalue weighted by Gasteiger charge is -2.29. The molecule has 8 nitrogen and oxygen atoms in total. The monoisotopic (exact) mass is 539 g/mol. The summed E-state index contributed by atoms with van der Waals surface area (Å²) in [5.74, 6) is -1.51. The van der Waals surface area contributed by atoms with E-state index in [1.807, 2.05) is 6.92 Å². The zero-order valence-corrected chi connectivity index (χ0v) is 21.8. The van der Waals surface area contributed by atoms with Gasteiger partial charge in [-0.1, -0.05) is 54.7 Å². The van der Waals surface area contributed by atoms with Gasteiger partial charge in [-0.15, -0.1) is 0 Å². The number of carbonyl (C=O) groups is 3. The van der Waals surface area contributed by atoms with Gasteiger partial charge in [0.05, 0.1) is 5.56 Å². The molecule has 1 aliphatic rings. The van der Waals surface area contributed by atoms with Gasteiger partial charge in [-0.3, -0.25) is 14.4 Å². The molecule has 0 spiro atoms. The number of carbonyl (C=O) groups excluding carboxylic acids is 3. The van der Waals surface area contributed by atoms with Gasteiger partial charge in [-0.2, -0.15) is 0 Å². The number of halogens is 2. The van der Waals surface area contributed by atoms with Crippen LogP contribution >= 0.6 is 23.2 Å². The van der Waals surface area contributed by atoms with Crippen LogP contribution in [0, 0.1) is 0 Å². The molecule has 188 valence electrons. The van der Waals surface area contributed by atoms with Crippen molar-refractivity contribution in [1.82, 2.24) is 14.5 Å². The second kappa shape index (κ2) is 11.4. The largest absolute Gasteiger partial charge is 0.354 e. The van der Waals surface area contributed by atoms with Crippen LogP contribution in [0.25, 0.3) is 0 Å². The second-order valence-corrected chi connectivity index (χ2v) is 10.9. The Kier molecular flexibility index (Phi) is 8.79. The molecule has 35 heavy (non-hydrogen) atoms. The van der Waals surface area contributed by atoms with Gasteiger partial charge in [0, 0.05) is 36.1 Å². The lowest BCUT2D eigenvalue weighted by atomic mass is 10.1. The highest BCUT2D eigenvalue weighted by Crippen LogP contribution is 2.30. The number of nitrogens with zero attached hydrogens (tertiary/aromatic N) is 2. The average Bonchev–Trinajstić information content (AvgIpc) is 3.01. The SMILES string of the molecule is CCCCNC(=O)C(C)N(Cc1ccc(Cl)cc1Cl)C(=O)CCN1C(=O)c2ccccc2S1(=O)=O. The fourth-order valence-electron chi connectivity index (χ4n) is 3.75. The Labute approximate surface area is 215 Å². The molecule has 2 aromatic rings. The van der Waals surface area contributed by atoms with Crippen molar-refractivity contribution < 1.29 is 22.8 Å². The Morgan fingerprint density at radius 2 is 1.86 bits per heavy atom. The molecule has 1 heterocycles. The molecule has 11 heteroatoms. The summed E-state index contributed by atoms with van der Waals surface area (Å²) >= 11 is 12.3. The fraction of sp³-hybridized carbons (Fsp3) is 0.375. The minimum Gasteiger partial charge on any atom is -0.354 e. The van der Waals surface area contributed by atoms with E-state index in [-0.39, 0.29) is 35.9 Å². The zero-order valence-electron chi connectivity index (χ0n) is 19.5. The molecule has 1 aliphatic heterocycles. The molecule has 1 unspecified atom stereocenters. The van der Waals surface area contributed by atoms with Crippen LogP contribution in [0.2, 0.25) is 10.0 Å². The summed E-state index contributed by atoms with van der Waals surface area (Å²) < 4.78 is 26.3. The van der Waals surface area contributed by atoms with E-state index in [0.29, 0.717) is 26.5 Å². The molecule has 0 aliphatic carbocycles. The molecule has 0 aromatic heterocycles. The first-order valence-corrected chi connectivity index (χ1v) is 13.4. The van der Waals surface area contributed by atoms with E-state index in [0.717, 1.165) is 12.8 Å². The van der Waals surface area contributed by atoms with Crippen LogP contribution in [0.5, 0.6) is 0 Å². The molecule has 1 atom stereocenters. The lowest BCUT2D eigenvalue weighted by Crippen LogP contribution is -2.48. The molecule has 0 saturated carbocycles. The third-order valence-corrected chi connectivity index (χ3v) is 8.22. The Bertz CT molecular complexity index is 1240. The van der Waals surface area contributed by atoms with Gasteiger partial charge in [-0.05, 0) is 43.2 Å². The normalized spacial score (nSPS) is 15.0. The van der Waals surface area contributed by atoms with E-state index >= 15 is 0 Å². The number of hydrogen-bond acceptors (Lipinski definition) is 5. The first kappa shape index (κ1) is 27.0. The summed E-state index contributed by atoms with van der Waals surface area (Å²) in [7, 11) is -4.04. The zero-order chi connectivity index (χ0) is 25.8. The summed E-state index contributed by atoms with van der Waals surface area (Å²) in [4.78, 5) is 40.0. The van der Waals surface area contributed by atoms with Crippen molar-refractivity contribution in [1.29, 1.82) is 0 Å². The van der Waals surface area contributed by atoms with Gasteiger partial charge in [-0.25, -0.2) is 12.7 Å². The topological polar surface area (TPSA) is 104 Å². The number of benzene rings is 2. The third kappa shape index (κ3) is 5.97. The van der Waals surface area contributed by atoms with Gasteiger partial charge >= 0.3 is 0 Å². The smallest absolute Gasteiger partial charge is 0.269 e. The number of sulfonamides is 1. The van der Waals surface area contributed by atoms with Crippen LogP contribution in [0.4, 0.5) is 0 Å². The van der Waals surface area contributed by atoms with E-state index in [1.54, 1.807) is 31.2 Å². The van der Waals surface area contributed by atoms with E-state index in [9.17, 15) is 22.8 Å². The number of amides is 3. The number of hydrogen-bond donors (Lipinski definition) is 1. The highest BCUT2D eigenvalue weighted by molar-refractivity contribution is 7.90. The maximum atomic E-state index is 13.3. The van der Waals surface area contributed by atoms with E-state index < -0.39 is 27.9 Å². The molecule has 0 radical (unpaired) electrons. The Balaban J connectivity index is 1.79. The molecular formula is C24H27Cl2N3O5S. The quantitative estimate of drug-likeness (QED) is 0.461. The third-order valence-electron chi connectivity index (χ3n) is 5.79. The van der Waals surface area contributed by atoms with Crippen molar-refractivity contribution in [2.75, 3.05) is 13.1 Å². The Morgan fingerprint density at radius 1 is 1.14 bits per heavy atom. The van der Waals surface area contributed by atoms with Crippen LogP contribution in [-0.4, -0.2) is 54.5 Å². The first-order valence-electron chi connectivity index (χ1n) is 11.2. The van der Waals surface area contributed by atoms with Crippen LogP contribution in [0.3, 0.4) is 0 Å². The fourth-order valence-corrected chi connectivity index (χ4v) is 5.78. The number of fused-ring (bicyclic) bond motifs is 1. The van der Waals surface area contributed by atoms with Crippen molar-refractivity contribution in [3.8, 4) is 0 Å². The molecular weight excluding hydrogens is 513 g/mol. The van der Waals surface area contributed by atoms with Crippen molar-refractivity contribution in [2.45, 2.75) is 50.6 Å². The summed E-state index contributed by atoms with van der Waals surface area (Å²) in [5, 5.41) is 3.57. The molecule has 3 rings (SSSR count). The van der Waals surface area contributed by atoms with Crippen molar-refractivity contribution >= 4 is 50.9 Å². The molecule has 0 saturated heterocycles. The van der Waals surface area contributed by atoms with Crippen molar-refractivity contribution in [3.63, 3.8) is 0 Å². The maximum absolute atomic E-state index is 13.3. The van der Waals surface area contributed by atoms with Crippen LogP contribution in [-0.2, 0) is 26.2 Å². The highest BCUT2D eigenvalue weighted by atomic mass is 35.5. The van der Waals surface area contributed by atoms with Gasteiger partial charge in [0.15, 0.2) is 0 Å². The summed E-state index contributed by atoms with van der Waals surface area (Å²) in [6.45, 7) is 3.74. The summed E-state index contributed by atoms with van der Waals surface area (Å²) in [5.41, 5.74) is 0.656. The number of nitrogens with one attached hydrogen (secondary N) is 1. The molecule has 3 amide bonds. The average molecular weight is 540 g/mol. The Morgan fingerprint density at radius 3 is 2.51 bits per heavy atom. The van der Waals surface area contributed by atoms with Crippen molar-refractivity contribution in [3.05, 3.63) is 63.6 Å². The molecule has 2 aromatic carbocycles. The number of rotatable bonds is 10. The van der Waals surface area contributed by atoms with E-state index in [2.05, 4.69) is 5.32 Å². The van der Waals surface area contributed by atoms with Crippen LogP contribution < -0.4 is 5.32 Å². The molecule has 0 bridgehead atoms. The number of unbranched alkanes of at least 4 members (excludes halogenated alkanes) is 1. The van der Waals surface area contributed by atoms with E-state index in [1.165, 1.54) is 23.1 Å². The van der Waals surface area contributed by atoms with Crippen LogP contribution in [0.1, 0.15) is 49.0 Å². The maximum Gasteiger partial charge on any atom is 0.269 e. The lowest BCUT2D eigenvalue weighted by molar-refractivity contribution is -0.140. The van der Waals surface area contributed by atoms with Crippen molar-refractivity contribution in [2.24, 2.45) is 0 Å². The minimum atomic E-state index is -4.04. The standard InChI is InChI=1S/C24H27Cl2N3O5S/c1-3-4-12-27-23(31)16(2)28(15-17-9-10-18(25)14-20(17)26)22(30)11-13-29-24(32)19-7-5-6-8-21(19)35(29,33)34/h5-10,14,16H,3-4,11-13,15H2,1-2H3,(H,27,31). The van der Waals surface area contributed by atoms with Gasteiger partial charge in [0.25, 0.3) is 15.9 Å². The minimum absolute atomic E-state index is 0.0120. The van der Waals surface area contributed by atoms with Gasteiger partial charge in [0.1, 0.15) is 10.9 Å². The van der Waals surface area contributed by atoms with Gasteiger partial charge in [0.2, 0.25) is 11.8 Å². The van der Waals surface area contributed by atoms with E-state index in [4.69, 9.17) is 23.2 Å². The predicted molar refractivity (Wildman–Crippen MR) is 134 cm³/mol. The first-order chi connectivity index (χ1) is 16.6. The molecule has 1 N–H and O–H groups in total. The van der Waals surface area contributed by atoms with Crippen LogP contribution in [0.15, 0.2) is 47.4 Å². The van der Waals surface area contributed by atoms with Gasteiger partial charge < -0.3 is 10.2 Å². The Hall–Kier alpha value is -2.62. The predicted octanol–water partition coefficient (Wildman–Crippen LogP) is 3.86. The summed E-state index contributed by atoms with van der Waals surface area (Å²) in [6, 6.07) is 9.90. The molecule has 0 fully saturated rings. The summed E-state index contributed by atoms with van der Waals surface area (Å²) in [6.07, 6.45) is 1.40.